The lowest BCUT2D eigenvalue weighted by atomic mass is 10.2. The maximum atomic E-state index is 12.9. The number of piperazine rings is 1. The normalized spacial score (nSPS) is 18.0. The fraction of sp³-hybridized carbons (Fsp3) is 0.611. The Kier molecular flexibility index (Phi) is 6.75. The molecule has 1 N–H and O–H groups in total. The van der Waals surface area contributed by atoms with Crippen molar-refractivity contribution >= 4 is 11.6 Å². The average molecular weight is 371 g/mol. The summed E-state index contributed by atoms with van der Waals surface area (Å²) in [5.41, 5.74) is 2.25. The molecule has 1 atom stereocenters. The van der Waals surface area contributed by atoms with Crippen molar-refractivity contribution in [1.82, 2.24) is 15.1 Å². The molecule has 146 valence electrons. The third-order valence-corrected chi connectivity index (χ3v) is 4.72. The van der Waals surface area contributed by atoms with E-state index in [-0.39, 0.29) is 0 Å². The van der Waals surface area contributed by atoms with Crippen LogP contribution in [0.3, 0.4) is 0 Å². The molecule has 1 aromatic rings. The molecule has 0 saturated carbocycles. The molecule has 0 bridgehead atoms. The van der Waals surface area contributed by atoms with Crippen LogP contribution < -0.4 is 10.2 Å². The molecule has 1 saturated heterocycles. The number of nitrogens with one attached hydrogen (secondary N) is 1. The maximum absolute atomic E-state index is 12.9. The molecule has 1 aromatic carbocycles. The van der Waals surface area contributed by atoms with Crippen molar-refractivity contribution in [3.8, 4) is 0 Å². The molecule has 0 amide bonds. The molecule has 1 aliphatic rings. The number of guanidine groups is 1. The minimum Gasteiger partial charge on any atom is -0.378 e. The van der Waals surface area contributed by atoms with Crippen molar-refractivity contribution < 1.29 is 13.2 Å². The number of anilines is 1. The third kappa shape index (κ3) is 5.27. The molecule has 2 rings (SSSR count). The third-order valence-electron chi connectivity index (χ3n) is 4.72. The average Bonchev–Trinajstić information content (AvgIpc) is 2.61. The molecule has 0 spiro atoms. The van der Waals surface area contributed by atoms with Crippen molar-refractivity contribution in [2.24, 2.45) is 4.99 Å². The highest BCUT2D eigenvalue weighted by atomic mass is 19.4. The summed E-state index contributed by atoms with van der Waals surface area (Å²) in [6.45, 7) is 3.64. The van der Waals surface area contributed by atoms with Gasteiger partial charge in [-0.15, -0.1) is 0 Å². The van der Waals surface area contributed by atoms with Crippen LogP contribution in [-0.2, 0) is 6.54 Å². The molecule has 1 unspecified atom stereocenters. The zero-order chi connectivity index (χ0) is 19.3. The fourth-order valence-corrected chi connectivity index (χ4v) is 2.99. The number of hydrogen-bond acceptors (Lipinski definition) is 3. The summed E-state index contributed by atoms with van der Waals surface area (Å²) in [7, 11) is 5.68. The Morgan fingerprint density at radius 1 is 1.23 bits per heavy atom. The Morgan fingerprint density at radius 2 is 1.88 bits per heavy atom. The van der Waals surface area contributed by atoms with Crippen LogP contribution in [0.25, 0.3) is 0 Å². The topological polar surface area (TPSA) is 34.1 Å². The fourth-order valence-electron chi connectivity index (χ4n) is 2.99. The van der Waals surface area contributed by atoms with Crippen LogP contribution in [0.2, 0.25) is 0 Å². The van der Waals surface area contributed by atoms with Gasteiger partial charge in [-0.3, -0.25) is 9.89 Å². The van der Waals surface area contributed by atoms with Crippen LogP contribution in [0.1, 0.15) is 12.5 Å². The summed E-state index contributed by atoms with van der Waals surface area (Å²) in [6.07, 6.45) is -4.18. The molecule has 26 heavy (non-hydrogen) atoms. The molecule has 0 aliphatic carbocycles. The zero-order valence-electron chi connectivity index (χ0n) is 15.8. The Labute approximate surface area is 153 Å². The van der Waals surface area contributed by atoms with E-state index in [1.165, 1.54) is 11.8 Å². The molecule has 0 aromatic heterocycles. The summed E-state index contributed by atoms with van der Waals surface area (Å²) in [4.78, 5) is 9.81. The molecule has 1 aliphatic heterocycles. The predicted molar refractivity (Wildman–Crippen MR) is 99.6 cm³/mol. The molecule has 8 heteroatoms. The van der Waals surface area contributed by atoms with E-state index >= 15 is 0 Å². The number of hydrogen-bond donors (Lipinski definition) is 1. The largest absolute Gasteiger partial charge is 0.403 e. The standard InChI is InChI=1S/C18H28F3N5/c1-14(18(19,20)21)25-8-10-26(11-9-25)17(22-2)23-13-15-6-5-7-16(12-15)24(3)4/h5-7,12,14H,8-11,13H2,1-4H3,(H,22,23). The smallest absolute Gasteiger partial charge is 0.378 e. The first kappa shape index (κ1) is 20.4. The first-order valence-electron chi connectivity index (χ1n) is 8.75. The van der Waals surface area contributed by atoms with E-state index in [1.807, 2.05) is 42.1 Å². The van der Waals surface area contributed by atoms with E-state index in [9.17, 15) is 13.2 Å². The van der Waals surface area contributed by atoms with Gasteiger partial charge in [0.25, 0.3) is 0 Å². The number of aliphatic imine (C=N–C) groups is 1. The summed E-state index contributed by atoms with van der Waals surface area (Å²) in [6, 6.07) is 6.78. The van der Waals surface area contributed by atoms with Gasteiger partial charge in [-0.1, -0.05) is 12.1 Å². The second kappa shape index (κ2) is 8.62. The van der Waals surface area contributed by atoms with Gasteiger partial charge < -0.3 is 15.1 Å². The van der Waals surface area contributed by atoms with Gasteiger partial charge in [0.05, 0.1) is 0 Å². The first-order chi connectivity index (χ1) is 12.2. The summed E-state index contributed by atoms with van der Waals surface area (Å²) >= 11 is 0. The van der Waals surface area contributed by atoms with Crippen LogP contribution >= 0.6 is 0 Å². The summed E-state index contributed by atoms with van der Waals surface area (Å²) < 4.78 is 38.6. The highest BCUT2D eigenvalue weighted by Crippen LogP contribution is 2.25. The van der Waals surface area contributed by atoms with Crippen molar-refractivity contribution in [2.45, 2.75) is 25.7 Å². The minimum atomic E-state index is -4.18. The number of nitrogens with zero attached hydrogens (tertiary/aromatic N) is 4. The lowest BCUT2D eigenvalue weighted by molar-refractivity contribution is -0.181. The van der Waals surface area contributed by atoms with Crippen molar-refractivity contribution in [1.29, 1.82) is 0 Å². The molecular weight excluding hydrogens is 343 g/mol. The van der Waals surface area contributed by atoms with Gasteiger partial charge >= 0.3 is 6.18 Å². The lowest BCUT2D eigenvalue weighted by Gasteiger charge is -2.39. The van der Waals surface area contributed by atoms with Gasteiger partial charge in [-0.2, -0.15) is 13.2 Å². The Hall–Kier alpha value is -1.96. The Balaban J connectivity index is 1.90. The van der Waals surface area contributed by atoms with E-state index in [4.69, 9.17) is 0 Å². The maximum Gasteiger partial charge on any atom is 0.403 e. The van der Waals surface area contributed by atoms with Crippen LogP contribution in [0, 0.1) is 0 Å². The summed E-state index contributed by atoms with van der Waals surface area (Å²) in [5.74, 6) is 0.722. The van der Waals surface area contributed by atoms with E-state index in [2.05, 4.69) is 16.4 Å². The second-order valence-electron chi connectivity index (χ2n) is 6.71. The summed E-state index contributed by atoms with van der Waals surface area (Å²) in [5, 5.41) is 3.31. The van der Waals surface area contributed by atoms with Gasteiger partial charge in [0.15, 0.2) is 5.96 Å². The van der Waals surface area contributed by atoms with E-state index in [1.54, 1.807) is 7.05 Å². The predicted octanol–water partition coefficient (Wildman–Crippen LogP) is 2.40. The van der Waals surface area contributed by atoms with Crippen LogP contribution in [-0.4, -0.2) is 75.3 Å². The quantitative estimate of drug-likeness (QED) is 0.651. The van der Waals surface area contributed by atoms with Gasteiger partial charge in [0, 0.05) is 59.6 Å². The molecule has 5 nitrogen and oxygen atoms in total. The van der Waals surface area contributed by atoms with Gasteiger partial charge in [0.1, 0.15) is 6.04 Å². The van der Waals surface area contributed by atoms with Gasteiger partial charge in [-0.25, -0.2) is 0 Å². The number of rotatable bonds is 4. The van der Waals surface area contributed by atoms with E-state index in [0.29, 0.717) is 32.7 Å². The van der Waals surface area contributed by atoms with E-state index < -0.39 is 12.2 Å². The lowest BCUT2D eigenvalue weighted by Crippen LogP contribution is -2.56. The highest BCUT2D eigenvalue weighted by Gasteiger charge is 2.41. The van der Waals surface area contributed by atoms with Gasteiger partial charge in [-0.05, 0) is 24.6 Å². The Morgan fingerprint density at radius 3 is 2.42 bits per heavy atom. The van der Waals surface area contributed by atoms with Gasteiger partial charge in [0.2, 0.25) is 0 Å². The zero-order valence-corrected chi connectivity index (χ0v) is 15.8. The first-order valence-corrected chi connectivity index (χ1v) is 8.75. The second-order valence-corrected chi connectivity index (χ2v) is 6.71. The SMILES string of the molecule is CN=C(NCc1cccc(N(C)C)c1)N1CCN(C(C)C(F)(F)F)CC1. The molecule has 1 fully saturated rings. The van der Waals surface area contributed by atoms with E-state index in [0.717, 1.165) is 17.2 Å². The van der Waals surface area contributed by atoms with Crippen molar-refractivity contribution in [3.05, 3.63) is 29.8 Å². The van der Waals surface area contributed by atoms with Crippen molar-refractivity contribution in [2.75, 3.05) is 52.2 Å². The monoisotopic (exact) mass is 371 g/mol. The van der Waals surface area contributed by atoms with Crippen LogP contribution in [0.4, 0.5) is 18.9 Å². The van der Waals surface area contributed by atoms with Crippen LogP contribution in [0.5, 0.6) is 0 Å². The highest BCUT2D eigenvalue weighted by molar-refractivity contribution is 5.80. The molecule has 1 heterocycles. The van der Waals surface area contributed by atoms with Crippen LogP contribution in [0.15, 0.2) is 29.3 Å². The Bertz CT molecular complexity index is 607. The molecule has 0 radical (unpaired) electrons. The number of halogens is 3. The minimum absolute atomic E-state index is 0.373. The number of alkyl halides is 3. The molecular formula is C18H28F3N5. The van der Waals surface area contributed by atoms with Crippen molar-refractivity contribution in [3.63, 3.8) is 0 Å². The number of benzene rings is 1.